The number of nitrogens with one attached hydrogen (secondary N) is 2. The topological polar surface area (TPSA) is 162 Å². The zero-order valence-corrected chi connectivity index (χ0v) is 13.1. The maximum Gasteiger partial charge on any atom is 0.237 e. The molecule has 0 aromatic heterocycles. The number of rotatable bonds is 12. The maximum atomic E-state index is 11.9. The van der Waals surface area contributed by atoms with Gasteiger partial charge in [0.25, 0.3) is 0 Å². The van der Waals surface area contributed by atoms with E-state index in [0.29, 0.717) is 32.4 Å². The van der Waals surface area contributed by atoms with E-state index in [1.54, 1.807) is 0 Å². The molecule has 0 spiro atoms. The summed E-state index contributed by atoms with van der Waals surface area (Å²) in [6.45, 7) is 1.13. The SMILES string of the molecule is NCCCC[C@H](NC(=O)[C@@H](N)CCCNC(N)N)C(=O)S. The summed E-state index contributed by atoms with van der Waals surface area (Å²) < 4.78 is 0. The molecule has 0 saturated carbocycles. The standard InChI is InChI=1S/C12H28N6O2S/c13-6-2-1-5-9(11(20)21)18-10(19)8(14)4-3-7-17-12(15)16/h8-9,12,17H,1-7,13-16H2,(H,18,19)(H,20,21)/t8-,9-/m0/s1. The van der Waals surface area contributed by atoms with Gasteiger partial charge in [-0.25, -0.2) is 0 Å². The normalized spacial score (nSPS) is 14.0. The molecular formula is C12H28N6O2S. The Labute approximate surface area is 131 Å². The fourth-order valence-corrected chi connectivity index (χ4v) is 1.94. The molecule has 21 heavy (non-hydrogen) atoms. The Morgan fingerprint density at radius 2 is 1.71 bits per heavy atom. The summed E-state index contributed by atoms with van der Waals surface area (Å²) in [5, 5.41) is 5.08. The molecule has 0 rings (SSSR count). The molecule has 0 aliphatic carbocycles. The van der Waals surface area contributed by atoms with Crippen molar-refractivity contribution in [3.8, 4) is 0 Å². The molecule has 0 unspecified atom stereocenters. The lowest BCUT2D eigenvalue weighted by molar-refractivity contribution is -0.126. The second-order valence-corrected chi connectivity index (χ2v) is 5.35. The van der Waals surface area contributed by atoms with Crippen LogP contribution in [0, 0.1) is 0 Å². The highest BCUT2D eigenvalue weighted by molar-refractivity contribution is 7.96. The monoisotopic (exact) mass is 320 g/mol. The van der Waals surface area contributed by atoms with Gasteiger partial charge >= 0.3 is 0 Å². The van der Waals surface area contributed by atoms with Crippen LogP contribution in [0.3, 0.4) is 0 Å². The Balaban J connectivity index is 4.07. The first kappa shape index (κ1) is 20.3. The van der Waals surface area contributed by atoms with Crippen molar-refractivity contribution in [2.75, 3.05) is 13.1 Å². The number of nitrogens with two attached hydrogens (primary N) is 4. The average molecular weight is 320 g/mol. The number of hydrogen-bond acceptors (Lipinski definition) is 7. The number of carbonyl (C=O) groups is 2. The summed E-state index contributed by atoms with van der Waals surface area (Å²) in [4.78, 5) is 23.3. The predicted octanol–water partition coefficient (Wildman–Crippen LogP) is -2.05. The third kappa shape index (κ3) is 10.6. The highest BCUT2D eigenvalue weighted by Gasteiger charge is 2.21. The smallest absolute Gasteiger partial charge is 0.237 e. The molecule has 2 atom stereocenters. The van der Waals surface area contributed by atoms with Gasteiger partial charge in [-0.05, 0) is 45.2 Å². The Bertz CT molecular complexity index is 316. The Kier molecular flexibility index (Phi) is 11.5. The van der Waals surface area contributed by atoms with Gasteiger partial charge in [0.15, 0.2) is 0 Å². The van der Waals surface area contributed by atoms with E-state index in [9.17, 15) is 9.59 Å². The van der Waals surface area contributed by atoms with E-state index in [1.807, 2.05) is 0 Å². The van der Waals surface area contributed by atoms with Crippen molar-refractivity contribution >= 4 is 23.7 Å². The largest absolute Gasteiger partial charge is 0.344 e. The van der Waals surface area contributed by atoms with Gasteiger partial charge < -0.3 is 28.3 Å². The molecular weight excluding hydrogens is 292 g/mol. The van der Waals surface area contributed by atoms with Gasteiger partial charge in [-0.3, -0.25) is 14.9 Å². The van der Waals surface area contributed by atoms with Crippen molar-refractivity contribution in [3.05, 3.63) is 0 Å². The molecule has 0 saturated heterocycles. The number of thiol groups is 1. The van der Waals surface area contributed by atoms with E-state index in [4.69, 9.17) is 22.9 Å². The molecule has 10 N–H and O–H groups in total. The quantitative estimate of drug-likeness (QED) is 0.124. The summed E-state index contributed by atoms with van der Waals surface area (Å²) in [5.74, 6) is -0.354. The Morgan fingerprint density at radius 1 is 1.05 bits per heavy atom. The first-order valence-corrected chi connectivity index (χ1v) is 7.56. The van der Waals surface area contributed by atoms with E-state index in [0.717, 1.165) is 12.8 Å². The highest BCUT2D eigenvalue weighted by Crippen LogP contribution is 2.05. The third-order valence-electron chi connectivity index (χ3n) is 2.97. The van der Waals surface area contributed by atoms with Crippen LogP contribution in [0.4, 0.5) is 0 Å². The van der Waals surface area contributed by atoms with Crippen LogP contribution >= 0.6 is 12.6 Å². The van der Waals surface area contributed by atoms with Crippen molar-refractivity contribution in [2.45, 2.75) is 50.5 Å². The van der Waals surface area contributed by atoms with Crippen LogP contribution in [-0.4, -0.2) is 42.5 Å². The molecule has 0 aromatic carbocycles. The van der Waals surface area contributed by atoms with Crippen LogP contribution in [0.1, 0.15) is 32.1 Å². The van der Waals surface area contributed by atoms with E-state index in [1.165, 1.54) is 0 Å². The van der Waals surface area contributed by atoms with Gasteiger partial charge in [-0.15, -0.1) is 12.6 Å². The van der Waals surface area contributed by atoms with Gasteiger partial charge in [0.05, 0.1) is 12.1 Å². The molecule has 0 fully saturated rings. The lowest BCUT2D eigenvalue weighted by atomic mass is 10.1. The van der Waals surface area contributed by atoms with Crippen LogP contribution in [-0.2, 0) is 9.59 Å². The van der Waals surface area contributed by atoms with Gasteiger partial charge in [-0.2, -0.15) is 0 Å². The fourth-order valence-electron chi connectivity index (χ4n) is 1.75. The summed E-state index contributed by atoms with van der Waals surface area (Å²) in [7, 11) is 0. The van der Waals surface area contributed by atoms with Gasteiger partial charge in [-0.1, -0.05) is 0 Å². The van der Waals surface area contributed by atoms with E-state index in [2.05, 4.69) is 23.3 Å². The lowest BCUT2D eigenvalue weighted by Gasteiger charge is -2.18. The summed E-state index contributed by atoms with van der Waals surface area (Å²) in [5.41, 5.74) is 21.8. The summed E-state index contributed by atoms with van der Waals surface area (Å²) in [6.07, 6.45) is 2.62. The van der Waals surface area contributed by atoms with Crippen LogP contribution in [0.5, 0.6) is 0 Å². The van der Waals surface area contributed by atoms with Crippen LogP contribution in [0.25, 0.3) is 0 Å². The number of unbranched alkanes of at least 4 members (excludes halogenated alkanes) is 1. The Morgan fingerprint density at radius 3 is 2.24 bits per heavy atom. The van der Waals surface area contributed by atoms with E-state index >= 15 is 0 Å². The van der Waals surface area contributed by atoms with Gasteiger partial charge in [0.2, 0.25) is 11.0 Å². The molecule has 124 valence electrons. The van der Waals surface area contributed by atoms with E-state index in [-0.39, 0.29) is 11.0 Å². The molecule has 0 heterocycles. The minimum Gasteiger partial charge on any atom is -0.344 e. The van der Waals surface area contributed by atoms with Crippen molar-refractivity contribution in [1.82, 2.24) is 10.6 Å². The minimum atomic E-state index is -0.675. The van der Waals surface area contributed by atoms with Crippen molar-refractivity contribution in [1.29, 1.82) is 0 Å². The lowest BCUT2D eigenvalue weighted by Crippen LogP contribution is -2.48. The first-order valence-electron chi connectivity index (χ1n) is 7.11. The minimum absolute atomic E-state index is 0.354. The van der Waals surface area contributed by atoms with Crippen LogP contribution in [0.15, 0.2) is 0 Å². The molecule has 0 aliphatic heterocycles. The molecule has 1 amide bonds. The van der Waals surface area contributed by atoms with Crippen molar-refractivity contribution < 1.29 is 9.59 Å². The number of carbonyl (C=O) groups excluding carboxylic acids is 2. The third-order valence-corrected chi connectivity index (χ3v) is 3.28. The van der Waals surface area contributed by atoms with Crippen molar-refractivity contribution in [2.24, 2.45) is 22.9 Å². The van der Waals surface area contributed by atoms with Gasteiger partial charge in [0, 0.05) is 0 Å². The predicted molar refractivity (Wildman–Crippen MR) is 86.2 cm³/mol. The number of amides is 1. The molecule has 0 radical (unpaired) electrons. The highest BCUT2D eigenvalue weighted by atomic mass is 32.1. The summed E-state index contributed by atoms with van der Waals surface area (Å²) in [6, 6.07) is -1.29. The van der Waals surface area contributed by atoms with Crippen molar-refractivity contribution in [3.63, 3.8) is 0 Å². The second kappa shape index (κ2) is 11.9. The van der Waals surface area contributed by atoms with Crippen LogP contribution < -0.4 is 33.6 Å². The molecule has 0 aliphatic rings. The zero-order chi connectivity index (χ0) is 16.3. The average Bonchev–Trinajstić information content (AvgIpc) is 2.41. The molecule has 8 nitrogen and oxygen atoms in total. The second-order valence-electron chi connectivity index (χ2n) is 4.91. The van der Waals surface area contributed by atoms with Gasteiger partial charge in [0.1, 0.15) is 6.29 Å². The summed E-state index contributed by atoms with van der Waals surface area (Å²) >= 11 is 3.78. The number of hydrogen-bond donors (Lipinski definition) is 7. The molecule has 0 aromatic rings. The van der Waals surface area contributed by atoms with Crippen LogP contribution in [0.2, 0.25) is 0 Å². The van der Waals surface area contributed by atoms with E-state index < -0.39 is 18.4 Å². The Hall–Kier alpha value is -0.710. The molecule has 0 bridgehead atoms. The fraction of sp³-hybridized carbons (Fsp3) is 0.833. The molecule has 9 heteroatoms. The first-order chi connectivity index (χ1) is 9.88. The zero-order valence-electron chi connectivity index (χ0n) is 12.3. The maximum absolute atomic E-state index is 11.9.